The number of likely N-dealkylation sites (tertiary alicyclic amines) is 1. The number of aromatic nitrogens is 4. The SMILES string of the molecule is COc1nc(SC)nc(NC2CCCN(C(=O)OC(C)(C)C)C2)c1-c1ncc(C)cn1. The molecule has 2 aromatic heterocycles. The minimum Gasteiger partial charge on any atom is -0.480 e. The fourth-order valence-electron chi connectivity index (χ4n) is 3.27. The van der Waals surface area contributed by atoms with Crippen LogP contribution >= 0.6 is 11.8 Å². The summed E-state index contributed by atoms with van der Waals surface area (Å²) in [6, 6.07) is -0.000205. The van der Waals surface area contributed by atoms with Crippen molar-refractivity contribution in [2.75, 3.05) is 31.8 Å². The van der Waals surface area contributed by atoms with Gasteiger partial charge in [-0.15, -0.1) is 0 Å². The Balaban J connectivity index is 1.89. The van der Waals surface area contributed by atoms with Crippen LogP contribution in [0.5, 0.6) is 5.88 Å². The van der Waals surface area contributed by atoms with Gasteiger partial charge in [0.15, 0.2) is 11.0 Å². The van der Waals surface area contributed by atoms with Gasteiger partial charge < -0.3 is 19.7 Å². The van der Waals surface area contributed by atoms with Crippen molar-refractivity contribution in [3.05, 3.63) is 18.0 Å². The summed E-state index contributed by atoms with van der Waals surface area (Å²) in [5, 5.41) is 4.06. The van der Waals surface area contributed by atoms with Gasteiger partial charge >= 0.3 is 6.09 Å². The van der Waals surface area contributed by atoms with Crippen molar-refractivity contribution < 1.29 is 14.3 Å². The van der Waals surface area contributed by atoms with Crippen LogP contribution in [0.15, 0.2) is 17.6 Å². The number of thioether (sulfide) groups is 1. The fraction of sp³-hybridized carbons (Fsp3) is 0.571. The Kier molecular flexibility index (Phi) is 7.19. The van der Waals surface area contributed by atoms with E-state index in [0.29, 0.717) is 41.3 Å². The van der Waals surface area contributed by atoms with Gasteiger partial charge in [0, 0.05) is 31.5 Å². The number of ether oxygens (including phenoxy) is 2. The molecule has 3 rings (SSSR count). The lowest BCUT2D eigenvalue weighted by atomic mass is 10.1. The number of methoxy groups -OCH3 is 1. The molecule has 10 heteroatoms. The lowest BCUT2D eigenvalue weighted by molar-refractivity contribution is 0.0206. The van der Waals surface area contributed by atoms with Crippen LogP contribution in [0.2, 0.25) is 0 Å². The Morgan fingerprint density at radius 1 is 1.26 bits per heavy atom. The highest BCUT2D eigenvalue weighted by Crippen LogP contribution is 2.34. The zero-order valence-electron chi connectivity index (χ0n) is 18.9. The Morgan fingerprint density at radius 2 is 1.97 bits per heavy atom. The van der Waals surface area contributed by atoms with E-state index < -0.39 is 5.60 Å². The summed E-state index contributed by atoms with van der Waals surface area (Å²) in [5.41, 5.74) is 1.04. The first-order valence-corrected chi connectivity index (χ1v) is 11.5. The van der Waals surface area contributed by atoms with Crippen molar-refractivity contribution in [1.29, 1.82) is 0 Å². The van der Waals surface area contributed by atoms with Gasteiger partial charge in [-0.05, 0) is 52.4 Å². The lowest BCUT2D eigenvalue weighted by Crippen LogP contribution is -2.47. The number of anilines is 1. The molecule has 0 aromatic carbocycles. The smallest absolute Gasteiger partial charge is 0.410 e. The van der Waals surface area contributed by atoms with Crippen LogP contribution in [0.4, 0.5) is 10.6 Å². The molecule has 1 aliphatic rings. The van der Waals surface area contributed by atoms with Gasteiger partial charge in [0.1, 0.15) is 17.0 Å². The maximum absolute atomic E-state index is 12.5. The van der Waals surface area contributed by atoms with E-state index >= 15 is 0 Å². The van der Waals surface area contributed by atoms with Crippen molar-refractivity contribution in [3.8, 4) is 17.3 Å². The van der Waals surface area contributed by atoms with Gasteiger partial charge in [-0.3, -0.25) is 0 Å². The quantitative estimate of drug-likeness (QED) is 0.543. The molecule has 2 aromatic rings. The number of amides is 1. The number of carbonyl (C=O) groups is 1. The van der Waals surface area contributed by atoms with E-state index in [1.165, 1.54) is 11.8 Å². The maximum atomic E-state index is 12.5. The Labute approximate surface area is 187 Å². The number of rotatable bonds is 5. The van der Waals surface area contributed by atoms with Gasteiger partial charge in [-0.1, -0.05) is 11.8 Å². The molecule has 1 saturated heterocycles. The summed E-state index contributed by atoms with van der Waals surface area (Å²) >= 11 is 1.43. The molecular weight excluding hydrogens is 416 g/mol. The lowest BCUT2D eigenvalue weighted by Gasteiger charge is -2.34. The molecule has 0 saturated carbocycles. The third-order valence-electron chi connectivity index (χ3n) is 4.65. The van der Waals surface area contributed by atoms with E-state index in [-0.39, 0.29) is 12.1 Å². The second kappa shape index (κ2) is 9.67. The number of hydrogen-bond donors (Lipinski definition) is 1. The van der Waals surface area contributed by atoms with Gasteiger partial charge in [0.25, 0.3) is 0 Å². The first-order valence-electron chi connectivity index (χ1n) is 10.2. The molecule has 1 aliphatic heterocycles. The molecule has 1 amide bonds. The highest BCUT2D eigenvalue weighted by Gasteiger charge is 2.29. The number of aryl methyl sites for hydroxylation is 1. The van der Waals surface area contributed by atoms with Crippen molar-refractivity contribution in [2.24, 2.45) is 0 Å². The van der Waals surface area contributed by atoms with E-state index in [4.69, 9.17) is 9.47 Å². The molecule has 0 spiro atoms. The highest BCUT2D eigenvalue weighted by atomic mass is 32.2. The summed E-state index contributed by atoms with van der Waals surface area (Å²) in [6.45, 7) is 8.73. The monoisotopic (exact) mass is 446 g/mol. The van der Waals surface area contributed by atoms with Gasteiger partial charge in [-0.2, -0.15) is 4.98 Å². The van der Waals surface area contributed by atoms with Crippen LogP contribution in [0, 0.1) is 6.92 Å². The summed E-state index contributed by atoms with van der Waals surface area (Å²) in [4.78, 5) is 32.3. The van der Waals surface area contributed by atoms with Crippen molar-refractivity contribution in [2.45, 2.75) is 57.3 Å². The van der Waals surface area contributed by atoms with Gasteiger partial charge in [0.2, 0.25) is 5.88 Å². The molecule has 1 unspecified atom stereocenters. The Bertz CT molecular complexity index is 917. The number of hydrogen-bond acceptors (Lipinski definition) is 9. The van der Waals surface area contributed by atoms with E-state index in [1.54, 1.807) is 24.4 Å². The zero-order valence-corrected chi connectivity index (χ0v) is 19.7. The van der Waals surface area contributed by atoms with Gasteiger partial charge in [-0.25, -0.2) is 19.7 Å². The molecule has 1 fully saturated rings. The number of nitrogens with zero attached hydrogens (tertiary/aromatic N) is 5. The third kappa shape index (κ3) is 5.96. The normalized spacial score (nSPS) is 16.7. The first kappa shape index (κ1) is 23.1. The predicted molar refractivity (Wildman–Crippen MR) is 121 cm³/mol. The largest absolute Gasteiger partial charge is 0.480 e. The Morgan fingerprint density at radius 3 is 2.58 bits per heavy atom. The van der Waals surface area contributed by atoms with E-state index in [9.17, 15) is 4.79 Å². The zero-order chi connectivity index (χ0) is 22.6. The van der Waals surface area contributed by atoms with Crippen LogP contribution in [0.25, 0.3) is 11.4 Å². The standard InChI is InChI=1S/C21H30N6O3S/c1-13-10-22-16(23-11-13)15-17(25-19(31-6)26-18(15)29-5)24-14-8-7-9-27(12-14)20(28)30-21(2,3)4/h10-11,14H,7-9,12H2,1-6H3,(H,24,25,26). The van der Waals surface area contributed by atoms with E-state index in [1.807, 2.05) is 34.0 Å². The second-order valence-corrected chi connectivity index (χ2v) is 9.21. The summed E-state index contributed by atoms with van der Waals surface area (Å²) in [5.74, 6) is 1.49. The molecule has 0 radical (unpaired) electrons. The summed E-state index contributed by atoms with van der Waals surface area (Å²) in [6.07, 6.45) is 6.87. The number of piperidine rings is 1. The van der Waals surface area contributed by atoms with Crippen LogP contribution in [0.1, 0.15) is 39.2 Å². The highest BCUT2D eigenvalue weighted by molar-refractivity contribution is 7.98. The maximum Gasteiger partial charge on any atom is 0.410 e. The topological polar surface area (TPSA) is 102 Å². The first-order chi connectivity index (χ1) is 14.7. The third-order valence-corrected chi connectivity index (χ3v) is 5.20. The average Bonchev–Trinajstić information content (AvgIpc) is 2.73. The minimum atomic E-state index is -0.527. The van der Waals surface area contributed by atoms with Crippen molar-refractivity contribution in [3.63, 3.8) is 0 Å². The molecule has 1 N–H and O–H groups in total. The molecule has 9 nitrogen and oxygen atoms in total. The van der Waals surface area contributed by atoms with E-state index in [2.05, 4.69) is 25.3 Å². The van der Waals surface area contributed by atoms with E-state index in [0.717, 1.165) is 18.4 Å². The second-order valence-electron chi connectivity index (χ2n) is 8.44. The molecule has 31 heavy (non-hydrogen) atoms. The van der Waals surface area contributed by atoms with Crippen LogP contribution < -0.4 is 10.1 Å². The molecular formula is C21H30N6O3S. The summed E-state index contributed by atoms with van der Waals surface area (Å²) < 4.78 is 11.1. The average molecular weight is 447 g/mol. The molecule has 1 atom stereocenters. The molecule has 168 valence electrons. The molecule has 0 bridgehead atoms. The van der Waals surface area contributed by atoms with Crippen molar-refractivity contribution in [1.82, 2.24) is 24.8 Å². The fourth-order valence-corrected chi connectivity index (χ4v) is 3.62. The summed E-state index contributed by atoms with van der Waals surface area (Å²) in [7, 11) is 1.57. The number of carbonyl (C=O) groups excluding carboxylic acids is 1. The molecule has 0 aliphatic carbocycles. The van der Waals surface area contributed by atoms with Crippen LogP contribution in [-0.4, -0.2) is 69.0 Å². The minimum absolute atomic E-state index is 0.000205. The van der Waals surface area contributed by atoms with Gasteiger partial charge in [0.05, 0.1) is 7.11 Å². The Hall–Kier alpha value is -2.62. The van der Waals surface area contributed by atoms with Crippen LogP contribution in [0.3, 0.4) is 0 Å². The molecule has 3 heterocycles. The van der Waals surface area contributed by atoms with Crippen molar-refractivity contribution >= 4 is 23.7 Å². The van der Waals surface area contributed by atoms with Crippen LogP contribution in [-0.2, 0) is 4.74 Å². The number of nitrogens with one attached hydrogen (secondary N) is 1. The predicted octanol–water partition coefficient (Wildman–Crippen LogP) is 3.78.